The largest absolute Gasteiger partial charge is 0.393 e. The predicted molar refractivity (Wildman–Crippen MR) is 65.8 cm³/mol. The number of rotatable bonds is 5. The number of hydrogen-bond donors (Lipinski definition) is 1. The van der Waals surface area contributed by atoms with Gasteiger partial charge in [-0.3, -0.25) is 0 Å². The average molecular weight is 210 g/mol. The number of allylic oxidation sites excluding steroid dienone is 2. The van der Waals surface area contributed by atoms with Crippen LogP contribution in [0.1, 0.15) is 59.3 Å². The van der Waals surface area contributed by atoms with Crippen molar-refractivity contribution in [2.24, 2.45) is 11.8 Å². The van der Waals surface area contributed by atoms with Gasteiger partial charge in [0.25, 0.3) is 0 Å². The first-order chi connectivity index (χ1) is 7.13. The van der Waals surface area contributed by atoms with E-state index in [0.717, 1.165) is 12.8 Å². The minimum atomic E-state index is -0.0670. The second-order valence-electron chi connectivity index (χ2n) is 5.25. The van der Waals surface area contributed by atoms with Crippen LogP contribution in [0.15, 0.2) is 11.6 Å². The lowest BCUT2D eigenvalue weighted by molar-refractivity contribution is 0.0825. The van der Waals surface area contributed by atoms with E-state index in [0.29, 0.717) is 11.8 Å². The second-order valence-corrected chi connectivity index (χ2v) is 5.25. The van der Waals surface area contributed by atoms with Crippen molar-refractivity contribution in [1.82, 2.24) is 0 Å². The third-order valence-electron chi connectivity index (χ3n) is 3.48. The molecule has 0 radical (unpaired) electrons. The highest BCUT2D eigenvalue weighted by atomic mass is 16.3. The van der Waals surface area contributed by atoms with Crippen molar-refractivity contribution >= 4 is 0 Å². The van der Waals surface area contributed by atoms with E-state index in [1.54, 1.807) is 0 Å². The van der Waals surface area contributed by atoms with E-state index in [9.17, 15) is 5.11 Å². The number of unbranched alkanes of at least 4 members (excludes halogenated alkanes) is 2. The van der Waals surface area contributed by atoms with Crippen molar-refractivity contribution in [3.8, 4) is 0 Å². The molecular formula is C14H26O. The molecule has 0 aromatic rings. The standard InChI is InChI=1S/C14H26O/c1-4-5-6-7-14(15)13-9-11(2)8-12(3)10-13/h8,11,13-15H,4-7,9-10H2,1-3H3. The fourth-order valence-corrected chi connectivity index (χ4v) is 2.73. The molecule has 1 aliphatic rings. The molecule has 1 heteroatoms. The molecule has 0 bridgehead atoms. The van der Waals surface area contributed by atoms with Gasteiger partial charge in [-0.25, -0.2) is 0 Å². The Morgan fingerprint density at radius 1 is 1.47 bits per heavy atom. The van der Waals surface area contributed by atoms with Crippen molar-refractivity contribution in [2.75, 3.05) is 0 Å². The van der Waals surface area contributed by atoms with Crippen molar-refractivity contribution < 1.29 is 5.11 Å². The predicted octanol–water partition coefficient (Wildman–Crippen LogP) is 3.92. The van der Waals surface area contributed by atoms with Crippen LogP contribution in [0.2, 0.25) is 0 Å². The van der Waals surface area contributed by atoms with Gasteiger partial charge in [0.05, 0.1) is 6.10 Å². The van der Waals surface area contributed by atoms with Crippen LogP contribution >= 0.6 is 0 Å². The van der Waals surface area contributed by atoms with Gasteiger partial charge in [0.2, 0.25) is 0 Å². The van der Waals surface area contributed by atoms with Crippen molar-refractivity contribution in [3.05, 3.63) is 11.6 Å². The van der Waals surface area contributed by atoms with Gasteiger partial charge in [0, 0.05) is 0 Å². The number of hydrogen-bond acceptors (Lipinski definition) is 1. The summed E-state index contributed by atoms with van der Waals surface area (Å²) in [6, 6.07) is 0. The van der Waals surface area contributed by atoms with Gasteiger partial charge in [-0.1, -0.05) is 44.8 Å². The van der Waals surface area contributed by atoms with Crippen LogP contribution in [0.3, 0.4) is 0 Å². The zero-order chi connectivity index (χ0) is 11.3. The second kappa shape index (κ2) is 6.32. The van der Waals surface area contributed by atoms with Crippen molar-refractivity contribution in [1.29, 1.82) is 0 Å². The van der Waals surface area contributed by atoms with Gasteiger partial charge < -0.3 is 5.11 Å². The summed E-state index contributed by atoms with van der Waals surface area (Å²) in [5, 5.41) is 10.1. The first kappa shape index (κ1) is 12.8. The van der Waals surface area contributed by atoms with Gasteiger partial charge in [-0.15, -0.1) is 0 Å². The van der Waals surface area contributed by atoms with Gasteiger partial charge >= 0.3 is 0 Å². The molecule has 0 aromatic carbocycles. The first-order valence-corrected chi connectivity index (χ1v) is 6.48. The topological polar surface area (TPSA) is 20.2 Å². The van der Waals surface area contributed by atoms with Gasteiger partial charge in [-0.05, 0) is 38.0 Å². The van der Waals surface area contributed by atoms with E-state index in [-0.39, 0.29) is 6.10 Å². The Bertz CT molecular complexity index is 207. The van der Waals surface area contributed by atoms with Crippen LogP contribution in [0.25, 0.3) is 0 Å². The molecule has 0 spiro atoms. The van der Waals surface area contributed by atoms with E-state index in [4.69, 9.17) is 0 Å². The molecule has 15 heavy (non-hydrogen) atoms. The highest BCUT2D eigenvalue weighted by molar-refractivity contribution is 5.07. The molecule has 0 saturated heterocycles. The molecule has 88 valence electrons. The SMILES string of the molecule is CCCCCC(O)C1CC(C)=CC(C)C1. The van der Waals surface area contributed by atoms with Crippen LogP contribution in [-0.4, -0.2) is 11.2 Å². The van der Waals surface area contributed by atoms with Crippen molar-refractivity contribution in [3.63, 3.8) is 0 Å². The number of aliphatic hydroxyl groups excluding tert-OH is 1. The zero-order valence-corrected chi connectivity index (χ0v) is 10.5. The first-order valence-electron chi connectivity index (χ1n) is 6.48. The molecule has 1 nitrogen and oxygen atoms in total. The van der Waals surface area contributed by atoms with E-state index in [1.807, 2.05) is 0 Å². The Morgan fingerprint density at radius 2 is 2.20 bits per heavy atom. The molecule has 0 heterocycles. The minimum Gasteiger partial charge on any atom is -0.393 e. The van der Waals surface area contributed by atoms with Gasteiger partial charge in [0.15, 0.2) is 0 Å². The average Bonchev–Trinajstić information content (AvgIpc) is 2.16. The highest BCUT2D eigenvalue weighted by Gasteiger charge is 2.24. The summed E-state index contributed by atoms with van der Waals surface area (Å²) in [7, 11) is 0. The fourth-order valence-electron chi connectivity index (χ4n) is 2.73. The molecule has 0 fully saturated rings. The molecule has 1 rings (SSSR count). The number of aliphatic hydroxyl groups is 1. The molecule has 3 unspecified atom stereocenters. The maximum atomic E-state index is 10.1. The summed E-state index contributed by atoms with van der Waals surface area (Å²) >= 11 is 0. The molecule has 1 aliphatic carbocycles. The van der Waals surface area contributed by atoms with Crippen LogP contribution in [0.4, 0.5) is 0 Å². The summed E-state index contributed by atoms with van der Waals surface area (Å²) < 4.78 is 0. The van der Waals surface area contributed by atoms with E-state index in [1.165, 1.54) is 31.3 Å². The monoisotopic (exact) mass is 210 g/mol. The Balaban J connectivity index is 2.33. The summed E-state index contributed by atoms with van der Waals surface area (Å²) in [4.78, 5) is 0. The molecule has 0 aromatic heterocycles. The lowest BCUT2D eigenvalue weighted by Crippen LogP contribution is -2.25. The zero-order valence-electron chi connectivity index (χ0n) is 10.5. The molecule has 0 amide bonds. The third kappa shape index (κ3) is 4.38. The molecular weight excluding hydrogens is 184 g/mol. The van der Waals surface area contributed by atoms with E-state index >= 15 is 0 Å². The van der Waals surface area contributed by atoms with Crippen LogP contribution in [0.5, 0.6) is 0 Å². The summed E-state index contributed by atoms with van der Waals surface area (Å²) in [6.45, 7) is 6.66. The maximum absolute atomic E-state index is 10.1. The Kier molecular flexibility index (Phi) is 5.38. The smallest absolute Gasteiger partial charge is 0.0571 e. The summed E-state index contributed by atoms with van der Waals surface area (Å²) in [6.07, 6.45) is 9.25. The van der Waals surface area contributed by atoms with E-state index < -0.39 is 0 Å². The van der Waals surface area contributed by atoms with Gasteiger partial charge in [0.1, 0.15) is 0 Å². The van der Waals surface area contributed by atoms with E-state index in [2.05, 4.69) is 26.8 Å². The molecule has 1 N–H and O–H groups in total. The molecule has 3 atom stereocenters. The minimum absolute atomic E-state index is 0.0670. The maximum Gasteiger partial charge on any atom is 0.0571 e. The lowest BCUT2D eigenvalue weighted by Gasteiger charge is -2.29. The van der Waals surface area contributed by atoms with Crippen LogP contribution in [-0.2, 0) is 0 Å². The van der Waals surface area contributed by atoms with Crippen LogP contribution < -0.4 is 0 Å². The van der Waals surface area contributed by atoms with Crippen LogP contribution in [0, 0.1) is 11.8 Å². The van der Waals surface area contributed by atoms with Crippen molar-refractivity contribution in [2.45, 2.75) is 65.4 Å². The van der Waals surface area contributed by atoms with Gasteiger partial charge in [-0.2, -0.15) is 0 Å². The molecule has 0 aliphatic heterocycles. The fraction of sp³-hybridized carbons (Fsp3) is 0.857. The third-order valence-corrected chi connectivity index (χ3v) is 3.48. The Labute approximate surface area is 94.6 Å². The summed E-state index contributed by atoms with van der Waals surface area (Å²) in [5.74, 6) is 1.17. The lowest BCUT2D eigenvalue weighted by atomic mass is 9.79. The Morgan fingerprint density at radius 3 is 2.80 bits per heavy atom. The Hall–Kier alpha value is -0.300. The highest BCUT2D eigenvalue weighted by Crippen LogP contribution is 2.31. The normalized spacial score (nSPS) is 28.7. The quantitative estimate of drug-likeness (QED) is 0.538. The molecule has 0 saturated carbocycles. The summed E-state index contributed by atoms with van der Waals surface area (Å²) in [5.41, 5.74) is 1.47.